The van der Waals surface area contributed by atoms with E-state index in [1.807, 2.05) is 0 Å². The second kappa shape index (κ2) is 9.89. The van der Waals surface area contributed by atoms with Crippen LogP contribution in [0.25, 0.3) is 0 Å². The first-order chi connectivity index (χ1) is 17.0. The topological polar surface area (TPSA) is 23.6 Å². The van der Waals surface area contributed by atoms with Gasteiger partial charge >= 0.3 is 0 Å². The standard InChI is InChI=1S/C32H38N2O/c1-4-5-6-17-30(35)33-19-18-32(22-26-13-9-11-24(2)20-26)28-15-7-8-16-29(28)34(31(32)33)23-27-14-10-12-25(3)21-27/h7-16,20-21,31H,4-6,17-19,22-23H2,1-3H3. The first-order valence-electron chi connectivity index (χ1n) is 13.3. The van der Waals surface area contributed by atoms with Crippen LogP contribution in [0.5, 0.6) is 0 Å². The number of benzene rings is 3. The van der Waals surface area contributed by atoms with E-state index in [1.54, 1.807) is 0 Å². The Morgan fingerprint density at radius 1 is 0.914 bits per heavy atom. The van der Waals surface area contributed by atoms with Crippen LogP contribution in [0.4, 0.5) is 5.69 Å². The molecule has 3 heteroatoms. The van der Waals surface area contributed by atoms with Crippen molar-refractivity contribution in [1.29, 1.82) is 0 Å². The molecule has 2 heterocycles. The monoisotopic (exact) mass is 466 g/mol. The van der Waals surface area contributed by atoms with Crippen LogP contribution in [0.15, 0.2) is 72.8 Å². The summed E-state index contributed by atoms with van der Waals surface area (Å²) < 4.78 is 0. The molecular weight excluding hydrogens is 428 g/mol. The van der Waals surface area contributed by atoms with Crippen LogP contribution < -0.4 is 4.90 Å². The molecule has 3 aromatic rings. The predicted molar refractivity (Wildman–Crippen MR) is 145 cm³/mol. The number of fused-ring (bicyclic) bond motifs is 3. The molecule has 35 heavy (non-hydrogen) atoms. The second-order valence-corrected chi connectivity index (χ2v) is 10.6. The van der Waals surface area contributed by atoms with Gasteiger partial charge in [-0.05, 0) is 55.9 Å². The minimum absolute atomic E-state index is 0.0510. The van der Waals surface area contributed by atoms with Crippen molar-refractivity contribution in [3.63, 3.8) is 0 Å². The molecule has 1 fully saturated rings. The van der Waals surface area contributed by atoms with Crippen molar-refractivity contribution in [2.45, 2.75) is 77.4 Å². The smallest absolute Gasteiger partial charge is 0.224 e. The van der Waals surface area contributed by atoms with Crippen molar-refractivity contribution in [2.75, 3.05) is 11.4 Å². The Morgan fingerprint density at radius 3 is 2.37 bits per heavy atom. The molecule has 1 amide bonds. The van der Waals surface area contributed by atoms with Gasteiger partial charge in [-0.3, -0.25) is 4.79 Å². The van der Waals surface area contributed by atoms with Crippen LogP contribution in [0, 0.1) is 13.8 Å². The summed E-state index contributed by atoms with van der Waals surface area (Å²) in [6, 6.07) is 26.6. The molecule has 0 radical (unpaired) electrons. The highest BCUT2D eigenvalue weighted by Gasteiger charge is 2.57. The fourth-order valence-electron chi connectivity index (χ4n) is 6.46. The van der Waals surface area contributed by atoms with Crippen LogP contribution in [0.1, 0.15) is 66.8 Å². The van der Waals surface area contributed by atoms with Crippen molar-refractivity contribution in [3.05, 3.63) is 101 Å². The molecule has 0 aliphatic carbocycles. The van der Waals surface area contributed by atoms with Gasteiger partial charge in [0.25, 0.3) is 0 Å². The van der Waals surface area contributed by atoms with E-state index in [0.29, 0.717) is 12.3 Å². The lowest BCUT2D eigenvalue weighted by molar-refractivity contribution is -0.132. The second-order valence-electron chi connectivity index (χ2n) is 10.6. The summed E-state index contributed by atoms with van der Waals surface area (Å²) in [5.74, 6) is 0.316. The molecule has 182 valence electrons. The van der Waals surface area contributed by atoms with Gasteiger partial charge < -0.3 is 9.80 Å². The van der Waals surface area contributed by atoms with Crippen LogP contribution in [-0.2, 0) is 23.2 Å². The molecule has 2 unspecified atom stereocenters. The van der Waals surface area contributed by atoms with E-state index < -0.39 is 0 Å². The SMILES string of the molecule is CCCCCC(=O)N1CCC2(Cc3cccc(C)c3)c3ccccc3N(Cc3cccc(C)c3)C12. The Hall–Kier alpha value is -3.07. The van der Waals surface area contributed by atoms with Crippen LogP contribution >= 0.6 is 0 Å². The van der Waals surface area contributed by atoms with Gasteiger partial charge in [-0.25, -0.2) is 0 Å². The zero-order chi connectivity index (χ0) is 24.4. The van der Waals surface area contributed by atoms with E-state index in [0.717, 1.165) is 45.2 Å². The molecule has 0 N–H and O–H groups in total. The van der Waals surface area contributed by atoms with Crippen LogP contribution in [0.3, 0.4) is 0 Å². The zero-order valence-electron chi connectivity index (χ0n) is 21.5. The maximum atomic E-state index is 13.6. The van der Waals surface area contributed by atoms with Gasteiger partial charge in [0.15, 0.2) is 0 Å². The summed E-state index contributed by atoms with van der Waals surface area (Å²) in [5, 5.41) is 0. The van der Waals surface area contributed by atoms with Crippen molar-refractivity contribution < 1.29 is 4.79 Å². The third-order valence-corrected chi connectivity index (χ3v) is 7.99. The average Bonchev–Trinajstić information content (AvgIpc) is 3.33. The molecular formula is C32H38N2O. The number of aryl methyl sites for hydroxylation is 2. The number of hydrogen-bond acceptors (Lipinski definition) is 2. The van der Waals surface area contributed by atoms with Gasteiger partial charge in [0.05, 0.1) is 0 Å². The lowest BCUT2D eigenvalue weighted by atomic mass is 9.74. The van der Waals surface area contributed by atoms with Gasteiger partial charge in [-0.1, -0.05) is 97.6 Å². The maximum absolute atomic E-state index is 13.6. The Kier molecular flexibility index (Phi) is 6.69. The van der Waals surface area contributed by atoms with Crippen LogP contribution in [-0.4, -0.2) is 23.5 Å². The largest absolute Gasteiger partial charge is 0.346 e. The quantitative estimate of drug-likeness (QED) is 0.336. The molecule has 2 aliphatic heterocycles. The number of para-hydroxylation sites is 1. The number of anilines is 1. The minimum Gasteiger partial charge on any atom is -0.346 e. The molecule has 5 rings (SSSR count). The zero-order valence-corrected chi connectivity index (χ0v) is 21.5. The predicted octanol–water partition coefficient (Wildman–Crippen LogP) is 6.94. The van der Waals surface area contributed by atoms with Crippen LogP contribution in [0.2, 0.25) is 0 Å². The lowest BCUT2D eigenvalue weighted by Crippen LogP contribution is -2.52. The van der Waals surface area contributed by atoms with Gasteiger partial charge in [0.1, 0.15) is 6.17 Å². The van der Waals surface area contributed by atoms with Crippen molar-refractivity contribution in [2.24, 2.45) is 0 Å². The number of nitrogens with zero attached hydrogens (tertiary/aromatic N) is 2. The Labute approximate surface area is 210 Å². The first-order valence-corrected chi connectivity index (χ1v) is 13.3. The first kappa shape index (κ1) is 23.7. The lowest BCUT2D eigenvalue weighted by Gasteiger charge is -2.39. The molecule has 0 saturated carbocycles. The number of carbonyl (C=O) groups is 1. The number of amides is 1. The van der Waals surface area contributed by atoms with Gasteiger partial charge in [-0.15, -0.1) is 0 Å². The molecule has 3 aromatic carbocycles. The summed E-state index contributed by atoms with van der Waals surface area (Å²) in [7, 11) is 0. The van der Waals surface area contributed by atoms with Crippen molar-refractivity contribution >= 4 is 11.6 Å². The maximum Gasteiger partial charge on any atom is 0.224 e. The number of carbonyl (C=O) groups excluding carboxylic acids is 1. The number of unbranched alkanes of at least 4 members (excludes halogenated alkanes) is 2. The normalized spacial score (nSPS) is 20.7. The van der Waals surface area contributed by atoms with Gasteiger partial charge in [0, 0.05) is 30.6 Å². The summed E-state index contributed by atoms with van der Waals surface area (Å²) in [6.07, 6.45) is 5.90. The van der Waals surface area contributed by atoms with E-state index in [9.17, 15) is 4.79 Å². The third-order valence-electron chi connectivity index (χ3n) is 7.99. The number of hydrogen-bond donors (Lipinski definition) is 0. The fraction of sp³-hybridized carbons (Fsp3) is 0.406. The highest BCUT2D eigenvalue weighted by molar-refractivity contribution is 5.80. The average molecular weight is 467 g/mol. The van der Waals surface area contributed by atoms with E-state index >= 15 is 0 Å². The fourth-order valence-corrected chi connectivity index (χ4v) is 6.46. The van der Waals surface area contributed by atoms with E-state index in [1.165, 1.54) is 33.5 Å². The van der Waals surface area contributed by atoms with Crippen molar-refractivity contribution in [1.82, 2.24) is 4.90 Å². The number of likely N-dealkylation sites (tertiary alicyclic amines) is 1. The summed E-state index contributed by atoms with van der Waals surface area (Å²) >= 11 is 0. The van der Waals surface area contributed by atoms with Crippen molar-refractivity contribution in [3.8, 4) is 0 Å². The molecule has 3 nitrogen and oxygen atoms in total. The minimum atomic E-state index is -0.0887. The summed E-state index contributed by atoms with van der Waals surface area (Å²) in [5.41, 5.74) is 7.85. The Balaban J connectivity index is 1.57. The van der Waals surface area contributed by atoms with Gasteiger partial charge in [-0.2, -0.15) is 0 Å². The molecule has 1 saturated heterocycles. The molecule has 0 bridgehead atoms. The molecule has 2 atom stereocenters. The molecule has 0 spiro atoms. The number of rotatable bonds is 8. The van der Waals surface area contributed by atoms with E-state index in [-0.39, 0.29) is 11.6 Å². The van der Waals surface area contributed by atoms with E-state index in [4.69, 9.17) is 0 Å². The van der Waals surface area contributed by atoms with E-state index in [2.05, 4.69) is 103 Å². The Morgan fingerprint density at radius 2 is 1.63 bits per heavy atom. The molecule has 2 aliphatic rings. The summed E-state index contributed by atoms with van der Waals surface area (Å²) in [4.78, 5) is 18.4. The Bertz CT molecular complexity index is 1200. The highest BCUT2D eigenvalue weighted by Crippen LogP contribution is 2.54. The molecule has 0 aromatic heterocycles. The van der Waals surface area contributed by atoms with Gasteiger partial charge in [0.2, 0.25) is 5.91 Å². The highest BCUT2D eigenvalue weighted by atomic mass is 16.2. The summed E-state index contributed by atoms with van der Waals surface area (Å²) in [6.45, 7) is 8.17. The third kappa shape index (κ3) is 4.49.